The molecule has 1 saturated heterocycles. The number of carbonyl (C=O) groups excluding carboxylic acids is 3. The molecule has 1 heterocycles. The van der Waals surface area contributed by atoms with E-state index in [4.69, 9.17) is 31.3 Å². The van der Waals surface area contributed by atoms with Gasteiger partial charge in [0.15, 0.2) is 0 Å². The smallest absolute Gasteiger partial charge is 0.431 e. The first-order valence-electron chi connectivity index (χ1n) is 9.03. The van der Waals surface area contributed by atoms with E-state index < -0.39 is 17.8 Å². The summed E-state index contributed by atoms with van der Waals surface area (Å²) in [5, 5.41) is -0.0814. The monoisotopic (exact) mass is 436 g/mol. The van der Waals surface area contributed by atoms with Gasteiger partial charge in [-0.2, -0.15) is 5.48 Å². The third-order valence-electron chi connectivity index (χ3n) is 3.36. The van der Waals surface area contributed by atoms with Crippen molar-refractivity contribution >= 4 is 46.5 Å². The summed E-state index contributed by atoms with van der Waals surface area (Å²) >= 11 is 6.48. The molecule has 1 aliphatic rings. The van der Waals surface area contributed by atoms with Crippen molar-refractivity contribution in [3.05, 3.63) is 0 Å². The van der Waals surface area contributed by atoms with Gasteiger partial charge < -0.3 is 14.2 Å². The second kappa shape index (κ2) is 12.1. The Bertz CT molecular complexity index is 566. The van der Waals surface area contributed by atoms with Crippen molar-refractivity contribution in [1.82, 2.24) is 10.4 Å². The van der Waals surface area contributed by atoms with Crippen molar-refractivity contribution in [3.8, 4) is 0 Å². The van der Waals surface area contributed by atoms with Gasteiger partial charge in [0.25, 0.3) is 0 Å². The lowest BCUT2D eigenvalue weighted by molar-refractivity contribution is -0.127. The number of imide groups is 1. The van der Waals surface area contributed by atoms with Gasteiger partial charge in [-0.25, -0.2) is 14.5 Å². The standard InChI is InChI=1S/C17H28N2O7S2/c1-5-23-16(27)28-12(6-7-13(20)19-9-11-24-15(19)22)8-10-25-18-14(21)26-17(2,3)4/h12H,5-11H2,1-4H3,(H,18,21). The van der Waals surface area contributed by atoms with Crippen molar-refractivity contribution in [2.45, 2.75) is 57.8 Å². The molecule has 9 nitrogen and oxygen atoms in total. The van der Waals surface area contributed by atoms with E-state index in [1.54, 1.807) is 20.8 Å². The fourth-order valence-electron chi connectivity index (χ4n) is 2.19. The average Bonchev–Trinajstić information content (AvgIpc) is 3.00. The van der Waals surface area contributed by atoms with Gasteiger partial charge in [0.2, 0.25) is 10.3 Å². The summed E-state index contributed by atoms with van der Waals surface area (Å²) in [4.78, 5) is 41.4. The van der Waals surface area contributed by atoms with Crippen LogP contribution >= 0.6 is 24.0 Å². The summed E-state index contributed by atoms with van der Waals surface area (Å²) in [5.41, 5.74) is 1.60. The second-order valence-electron chi connectivity index (χ2n) is 6.86. The number of nitrogens with one attached hydrogen (secondary N) is 1. The maximum absolute atomic E-state index is 12.2. The molecule has 1 atom stereocenters. The predicted octanol–water partition coefficient (Wildman–Crippen LogP) is 3.02. The number of amides is 3. The highest BCUT2D eigenvalue weighted by Gasteiger charge is 2.28. The zero-order valence-corrected chi connectivity index (χ0v) is 18.3. The number of hydrogen-bond donors (Lipinski definition) is 1. The molecule has 0 bridgehead atoms. The first-order chi connectivity index (χ1) is 13.1. The Labute approximate surface area is 174 Å². The van der Waals surface area contributed by atoms with Crippen LogP contribution in [-0.4, -0.2) is 64.6 Å². The van der Waals surface area contributed by atoms with E-state index in [9.17, 15) is 14.4 Å². The van der Waals surface area contributed by atoms with Crippen molar-refractivity contribution < 1.29 is 33.4 Å². The Morgan fingerprint density at radius 2 is 2.07 bits per heavy atom. The quantitative estimate of drug-likeness (QED) is 0.332. The van der Waals surface area contributed by atoms with Crippen LogP contribution in [0.5, 0.6) is 0 Å². The lowest BCUT2D eigenvalue weighted by Crippen LogP contribution is -2.33. The van der Waals surface area contributed by atoms with Crippen LogP contribution in [0.3, 0.4) is 0 Å². The topological polar surface area (TPSA) is 103 Å². The molecule has 0 aliphatic carbocycles. The van der Waals surface area contributed by atoms with Gasteiger partial charge in [0.1, 0.15) is 12.2 Å². The summed E-state index contributed by atoms with van der Waals surface area (Å²) in [5.74, 6) is -0.289. The van der Waals surface area contributed by atoms with E-state index >= 15 is 0 Å². The molecule has 1 rings (SSSR count). The molecule has 3 amide bonds. The minimum atomic E-state index is -0.677. The van der Waals surface area contributed by atoms with Gasteiger partial charge in [-0.1, -0.05) is 11.8 Å². The van der Waals surface area contributed by atoms with E-state index in [0.29, 0.717) is 23.8 Å². The maximum Gasteiger partial charge on any atom is 0.431 e. The normalized spacial score (nSPS) is 15.0. The molecule has 0 radical (unpaired) electrons. The Kier molecular flexibility index (Phi) is 10.5. The fourth-order valence-corrected chi connectivity index (χ4v) is 3.62. The lowest BCUT2D eigenvalue weighted by Gasteiger charge is -2.20. The average molecular weight is 437 g/mol. The number of hydroxylamine groups is 1. The molecule has 0 aromatic heterocycles. The highest BCUT2D eigenvalue weighted by atomic mass is 32.2. The summed E-state index contributed by atoms with van der Waals surface area (Å²) < 4.78 is 15.5. The van der Waals surface area contributed by atoms with Crippen LogP contribution in [0.4, 0.5) is 9.59 Å². The summed E-state index contributed by atoms with van der Waals surface area (Å²) in [7, 11) is 0. The number of cyclic esters (lactones) is 1. The maximum atomic E-state index is 12.2. The van der Waals surface area contributed by atoms with Crippen molar-refractivity contribution in [2.24, 2.45) is 0 Å². The minimum absolute atomic E-state index is 0.0814. The van der Waals surface area contributed by atoms with Crippen molar-refractivity contribution in [2.75, 3.05) is 26.4 Å². The van der Waals surface area contributed by atoms with Crippen LogP contribution in [0.25, 0.3) is 0 Å². The molecule has 0 aromatic carbocycles. The molecular formula is C17H28N2O7S2. The second-order valence-corrected chi connectivity index (χ2v) is 8.76. The van der Waals surface area contributed by atoms with E-state index in [1.165, 1.54) is 11.8 Å². The number of nitrogens with zero attached hydrogens (tertiary/aromatic N) is 1. The molecule has 160 valence electrons. The molecule has 11 heteroatoms. The van der Waals surface area contributed by atoms with E-state index in [2.05, 4.69) is 5.48 Å². The number of thioether (sulfide) groups is 1. The molecule has 1 unspecified atom stereocenters. The Morgan fingerprint density at radius 1 is 1.36 bits per heavy atom. The van der Waals surface area contributed by atoms with Gasteiger partial charge in [0, 0.05) is 11.7 Å². The number of rotatable bonds is 9. The predicted molar refractivity (Wildman–Crippen MR) is 108 cm³/mol. The molecule has 28 heavy (non-hydrogen) atoms. The van der Waals surface area contributed by atoms with Crippen LogP contribution in [0.15, 0.2) is 0 Å². The first kappa shape index (κ1) is 24.4. The van der Waals surface area contributed by atoms with Gasteiger partial charge in [-0.3, -0.25) is 9.63 Å². The summed E-state index contributed by atoms with van der Waals surface area (Å²) in [6.45, 7) is 8.23. The van der Waals surface area contributed by atoms with E-state index in [-0.39, 0.29) is 37.3 Å². The highest BCUT2D eigenvalue weighted by Crippen LogP contribution is 2.23. The Hall–Kier alpha value is -1.59. The fraction of sp³-hybridized carbons (Fsp3) is 0.765. The molecular weight excluding hydrogens is 408 g/mol. The zero-order chi connectivity index (χ0) is 21.2. The van der Waals surface area contributed by atoms with Gasteiger partial charge >= 0.3 is 12.2 Å². The van der Waals surface area contributed by atoms with Gasteiger partial charge in [-0.15, -0.1) is 0 Å². The molecule has 1 aliphatic heterocycles. The number of thiocarbonyl (C=S) groups is 1. The third-order valence-corrected chi connectivity index (χ3v) is 4.88. The number of ether oxygens (including phenoxy) is 3. The van der Waals surface area contributed by atoms with Gasteiger partial charge in [-0.05, 0) is 52.8 Å². The zero-order valence-electron chi connectivity index (χ0n) is 16.6. The van der Waals surface area contributed by atoms with Crippen LogP contribution in [0.1, 0.15) is 47.0 Å². The molecule has 1 N–H and O–H groups in total. The Balaban J connectivity index is 2.43. The Morgan fingerprint density at radius 3 is 2.64 bits per heavy atom. The van der Waals surface area contributed by atoms with Crippen LogP contribution in [0.2, 0.25) is 0 Å². The van der Waals surface area contributed by atoms with E-state index in [0.717, 1.165) is 4.90 Å². The highest BCUT2D eigenvalue weighted by molar-refractivity contribution is 8.23. The van der Waals surface area contributed by atoms with Crippen LogP contribution in [0, 0.1) is 0 Å². The number of carbonyl (C=O) groups is 3. The SMILES string of the molecule is CCOC(=S)SC(CCONC(=O)OC(C)(C)C)CCC(=O)N1CCOC1=O. The molecule has 0 saturated carbocycles. The lowest BCUT2D eigenvalue weighted by atomic mass is 10.2. The van der Waals surface area contributed by atoms with Crippen LogP contribution in [-0.2, 0) is 23.8 Å². The van der Waals surface area contributed by atoms with E-state index in [1.807, 2.05) is 6.92 Å². The van der Waals surface area contributed by atoms with Crippen molar-refractivity contribution in [1.29, 1.82) is 0 Å². The summed E-state index contributed by atoms with van der Waals surface area (Å²) in [6, 6.07) is 0. The summed E-state index contributed by atoms with van der Waals surface area (Å²) in [6.07, 6.45) is -0.143. The number of hydrogen-bond acceptors (Lipinski definition) is 9. The van der Waals surface area contributed by atoms with Gasteiger partial charge in [0.05, 0.1) is 19.8 Å². The molecule has 0 aromatic rings. The largest absolute Gasteiger partial charge is 0.479 e. The van der Waals surface area contributed by atoms with Crippen LogP contribution < -0.4 is 5.48 Å². The van der Waals surface area contributed by atoms with Crippen molar-refractivity contribution in [3.63, 3.8) is 0 Å². The minimum Gasteiger partial charge on any atom is -0.479 e. The third kappa shape index (κ3) is 10.1. The first-order valence-corrected chi connectivity index (χ1v) is 10.3. The molecule has 1 fully saturated rings. The molecule has 0 spiro atoms.